The molecule has 0 bridgehead atoms. The fourth-order valence-electron chi connectivity index (χ4n) is 5.13. The van der Waals surface area contributed by atoms with Crippen LogP contribution in [0.15, 0.2) is 47.4 Å². The molecule has 0 saturated heterocycles. The van der Waals surface area contributed by atoms with Crippen LogP contribution in [0.3, 0.4) is 0 Å². The third kappa shape index (κ3) is 10.2. The van der Waals surface area contributed by atoms with Gasteiger partial charge in [0.05, 0.1) is 42.4 Å². The van der Waals surface area contributed by atoms with E-state index in [-0.39, 0.29) is 59.5 Å². The predicted molar refractivity (Wildman–Crippen MR) is 177 cm³/mol. The number of urea groups is 1. The Morgan fingerprint density at radius 2 is 1.83 bits per heavy atom. The van der Waals surface area contributed by atoms with Crippen molar-refractivity contribution in [3.8, 4) is 11.5 Å². The van der Waals surface area contributed by atoms with Crippen LogP contribution >= 0.6 is 0 Å². The Hall–Kier alpha value is -3.55. The molecule has 1 heterocycles. The Balaban J connectivity index is 1.98. The van der Waals surface area contributed by atoms with Crippen molar-refractivity contribution < 1.29 is 37.3 Å². The summed E-state index contributed by atoms with van der Waals surface area (Å²) in [4.78, 5) is 30.2. The van der Waals surface area contributed by atoms with E-state index in [1.54, 1.807) is 48.0 Å². The summed E-state index contributed by atoms with van der Waals surface area (Å²) in [5.74, 6) is 0.188. The number of anilines is 1. The average Bonchev–Trinajstić information content (AvgIpc) is 3.01. The molecular formula is C33H50N4O8S. The molecule has 0 aromatic heterocycles. The van der Waals surface area contributed by atoms with Gasteiger partial charge in [0.25, 0.3) is 15.9 Å². The molecule has 0 saturated carbocycles. The quantitative estimate of drug-likeness (QED) is 0.360. The van der Waals surface area contributed by atoms with Crippen molar-refractivity contribution in [3.05, 3.63) is 48.0 Å². The second-order valence-electron chi connectivity index (χ2n) is 12.3. The first-order valence-electron chi connectivity index (χ1n) is 15.8. The van der Waals surface area contributed by atoms with Crippen molar-refractivity contribution >= 4 is 27.6 Å². The van der Waals surface area contributed by atoms with Gasteiger partial charge in [0.15, 0.2) is 0 Å². The second-order valence-corrected chi connectivity index (χ2v) is 14.0. The molecule has 46 heavy (non-hydrogen) atoms. The van der Waals surface area contributed by atoms with Crippen molar-refractivity contribution in [3.63, 3.8) is 0 Å². The molecule has 13 heteroatoms. The maximum Gasteiger partial charge on any atom is 0.317 e. The minimum absolute atomic E-state index is 0.0225. The Morgan fingerprint density at radius 1 is 1.13 bits per heavy atom. The Kier molecular flexibility index (Phi) is 13.5. The standard InChI is InChI=1S/C33H50N4O8S/c1-22(2)34-33(40)36(6)20-31-23(3)19-37(24(4)21-38)32(39)29-18-26(11-16-30(29)45-25(5)10-8-9-17-44-31)35-46(41,42)28-14-12-27(43-7)13-15-28/h11-16,18,22-25,31,35,38H,8-10,17,19-21H2,1-7H3,(H,34,40)/t23-,24+,25-,31+/m0/s1. The number of nitrogens with one attached hydrogen (secondary N) is 2. The highest BCUT2D eigenvalue weighted by atomic mass is 32.2. The zero-order valence-corrected chi connectivity index (χ0v) is 28.8. The monoisotopic (exact) mass is 662 g/mol. The number of fused-ring (bicyclic) bond motifs is 1. The average molecular weight is 663 g/mol. The van der Waals surface area contributed by atoms with Gasteiger partial charge >= 0.3 is 6.03 Å². The summed E-state index contributed by atoms with van der Waals surface area (Å²) in [6.07, 6.45) is 1.69. The number of hydrogen-bond acceptors (Lipinski definition) is 8. The molecule has 0 aliphatic carbocycles. The lowest BCUT2D eigenvalue weighted by Crippen LogP contribution is -2.49. The molecule has 1 aliphatic rings. The number of aliphatic hydroxyl groups is 1. The minimum atomic E-state index is -3.98. The van der Waals surface area contributed by atoms with E-state index in [2.05, 4.69) is 10.0 Å². The molecule has 3 amide bonds. The Labute approximate surface area is 273 Å². The number of amides is 3. The highest BCUT2D eigenvalue weighted by Crippen LogP contribution is 2.30. The van der Waals surface area contributed by atoms with Gasteiger partial charge < -0.3 is 34.4 Å². The first kappa shape index (κ1) is 36.9. The van der Waals surface area contributed by atoms with Crippen LogP contribution in [0.25, 0.3) is 0 Å². The molecule has 0 fully saturated rings. The van der Waals surface area contributed by atoms with E-state index in [9.17, 15) is 23.1 Å². The van der Waals surface area contributed by atoms with E-state index in [1.807, 2.05) is 27.7 Å². The summed E-state index contributed by atoms with van der Waals surface area (Å²) in [6, 6.07) is 9.79. The molecule has 3 N–H and O–H groups in total. The van der Waals surface area contributed by atoms with Crippen LogP contribution in [-0.4, -0.2) is 100 Å². The molecular weight excluding hydrogens is 612 g/mol. The number of nitrogens with zero attached hydrogens (tertiary/aromatic N) is 2. The first-order valence-corrected chi connectivity index (χ1v) is 17.3. The van der Waals surface area contributed by atoms with Gasteiger partial charge in [-0.1, -0.05) is 6.92 Å². The van der Waals surface area contributed by atoms with E-state index in [4.69, 9.17) is 14.2 Å². The van der Waals surface area contributed by atoms with Crippen LogP contribution in [0.2, 0.25) is 0 Å². The van der Waals surface area contributed by atoms with Gasteiger partial charge in [-0.25, -0.2) is 13.2 Å². The number of likely N-dealkylation sites (N-methyl/N-ethyl adjacent to an activating group) is 1. The van der Waals surface area contributed by atoms with Gasteiger partial charge in [-0.2, -0.15) is 0 Å². The molecule has 256 valence electrons. The van der Waals surface area contributed by atoms with E-state index in [1.165, 1.54) is 25.3 Å². The SMILES string of the molecule is COc1ccc(S(=O)(=O)Nc2ccc3c(c2)C(=O)N([C@H](C)CO)C[C@H](C)[C@@H](CN(C)C(=O)NC(C)C)OCCCC[C@H](C)O3)cc1. The second kappa shape index (κ2) is 16.8. The van der Waals surface area contributed by atoms with Crippen molar-refractivity contribution in [2.75, 3.05) is 45.2 Å². The van der Waals surface area contributed by atoms with Crippen molar-refractivity contribution in [1.29, 1.82) is 0 Å². The third-order valence-electron chi connectivity index (χ3n) is 7.89. The number of carbonyl (C=O) groups is 2. The van der Waals surface area contributed by atoms with Gasteiger partial charge in [-0.05, 0) is 89.4 Å². The fraction of sp³-hybridized carbons (Fsp3) is 0.576. The topological polar surface area (TPSA) is 147 Å². The zero-order valence-electron chi connectivity index (χ0n) is 28.0. The summed E-state index contributed by atoms with van der Waals surface area (Å²) < 4.78 is 46.7. The van der Waals surface area contributed by atoms with Crippen molar-refractivity contribution in [2.24, 2.45) is 5.92 Å². The number of rotatable bonds is 9. The lowest BCUT2D eigenvalue weighted by molar-refractivity contribution is -0.0122. The summed E-state index contributed by atoms with van der Waals surface area (Å²) in [5, 5.41) is 13.1. The summed E-state index contributed by atoms with van der Waals surface area (Å²) in [6.45, 7) is 10.1. The largest absolute Gasteiger partial charge is 0.497 e. The fourth-order valence-corrected chi connectivity index (χ4v) is 6.18. The lowest BCUT2D eigenvalue weighted by atomic mass is 10.0. The highest BCUT2D eigenvalue weighted by Gasteiger charge is 2.31. The van der Waals surface area contributed by atoms with Crippen molar-refractivity contribution in [1.82, 2.24) is 15.1 Å². The van der Waals surface area contributed by atoms with Crippen molar-refractivity contribution in [2.45, 2.75) is 83.1 Å². The zero-order chi connectivity index (χ0) is 34.0. The van der Waals surface area contributed by atoms with Crippen LogP contribution in [0.1, 0.15) is 64.2 Å². The maximum atomic E-state index is 14.3. The maximum absolute atomic E-state index is 14.3. The number of methoxy groups -OCH3 is 1. The highest BCUT2D eigenvalue weighted by molar-refractivity contribution is 7.92. The Bertz CT molecular complexity index is 1400. The molecule has 1 aliphatic heterocycles. The van der Waals surface area contributed by atoms with E-state index in [0.717, 1.165) is 12.8 Å². The number of ether oxygens (including phenoxy) is 3. The summed E-state index contributed by atoms with van der Waals surface area (Å²) in [5.41, 5.74) is 0.348. The molecule has 12 nitrogen and oxygen atoms in total. The van der Waals surface area contributed by atoms with Crippen LogP contribution in [0, 0.1) is 5.92 Å². The smallest absolute Gasteiger partial charge is 0.317 e. The predicted octanol–water partition coefficient (Wildman–Crippen LogP) is 4.34. The van der Waals surface area contributed by atoms with E-state index in [0.29, 0.717) is 31.1 Å². The number of sulfonamides is 1. The lowest BCUT2D eigenvalue weighted by Gasteiger charge is -2.36. The molecule has 0 spiro atoms. The summed E-state index contributed by atoms with van der Waals surface area (Å²) >= 11 is 0. The van der Waals surface area contributed by atoms with Crippen LogP contribution < -0.4 is 19.5 Å². The molecule has 3 rings (SSSR count). The molecule has 2 aromatic carbocycles. The van der Waals surface area contributed by atoms with Crippen LogP contribution in [0.4, 0.5) is 10.5 Å². The first-order chi connectivity index (χ1) is 21.7. The summed E-state index contributed by atoms with van der Waals surface area (Å²) in [7, 11) is -0.777. The van der Waals surface area contributed by atoms with Gasteiger partial charge in [-0.3, -0.25) is 9.52 Å². The van der Waals surface area contributed by atoms with Gasteiger partial charge in [0.1, 0.15) is 11.5 Å². The van der Waals surface area contributed by atoms with E-state index < -0.39 is 22.0 Å². The van der Waals surface area contributed by atoms with Crippen LogP contribution in [-0.2, 0) is 14.8 Å². The molecule has 0 unspecified atom stereocenters. The molecule has 0 radical (unpaired) electrons. The number of hydrogen-bond donors (Lipinski definition) is 3. The molecule has 2 aromatic rings. The number of benzene rings is 2. The van der Waals surface area contributed by atoms with Gasteiger partial charge in [0.2, 0.25) is 0 Å². The van der Waals surface area contributed by atoms with Crippen LogP contribution in [0.5, 0.6) is 11.5 Å². The minimum Gasteiger partial charge on any atom is -0.497 e. The number of carbonyl (C=O) groups excluding carboxylic acids is 2. The molecule has 4 atom stereocenters. The van der Waals surface area contributed by atoms with Gasteiger partial charge in [-0.15, -0.1) is 0 Å². The normalized spacial score (nSPS) is 20.6. The third-order valence-corrected chi connectivity index (χ3v) is 9.28. The Morgan fingerprint density at radius 3 is 2.46 bits per heavy atom. The van der Waals surface area contributed by atoms with E-state index >= 15 is 0 Å². The number of aliphatic hydroxyl groups excluding tert-OH is 1. The van der Waals surface area contributed by atoms with Gasteiger partial charge in [0, 0.05) is 44.4 Å².